The minimum absolute atomic E-state index is 0.0903. The zero-order chi connectivity index (χ0) is 12.8. The van der Waals surface area contributed by atoms with Crippen LogP contribution in [0.25, 0.3) is 11.0 Å². The Morgan fingerprint density at radius 2 is 2.28 bits per heavy atom. The Hall–Kier alpha value is -2.08. The second kappa shape index (κ2) is 6.02. The van der Waals surface area contributed by atoms with Gasteiger partial charge in [0.1, 0.15) is 0 Å². The van der Waals surface area contributed by atoms with E-state index in [4.69, 9.17) is 4.74 Å². The van der Waals surface area contributed by atoms with Crippen LogP contribution in [0.1, 0.15) is 0 Å². The molecule has 1 amide bonds. The molecule has 2 aromatic rings. The van der Waals surface area contributed by atoms with Crippen LogP contribution in [0.5, 0.6) is 0 Å². The van der Waals surface area contributed by atoms with Crippen molar-refractivity contribution in [3.8, 4) is 0 Å². The maximum atomic E-state index is 11.4. The van der Waals surface area contributed by atoms with Crippen LogP contribution in [-0.4, -0.2) is 42.7 Å². The Morgan fingerprint density at radius 3 is 3.06 bits per heavy atom. The zero-order valence-electron chi connectivity index (χ0n) is 10.2. The van der Waals surface area contributed by atoms with E-state index in [2.05, 4.69) is 20.6 Å². The van der Waals surface area contributed by atoms with Crippen molar-refractivity contribution in [2.75, 3.05) is 32.1 Å². The Labute approximate surface area is 105 Å². The van der Waals surface area contributed by atoms with Gasteiger partial charge in [0.2, 0.25) is 11.9 Å². The monoisotopic (exact) mass is 248 g/mol. The molecule has 2 rings (SSSR count). The average molecular weight is 248 g/mol. The number of nitrogens with one attached hydrogen (secondary N) is 3. The van der Waals surface area contributed by atoms with E-state index in [1.165, 1.54) is 0 Å². The lowest BCUT2D eigenvalue weighted by Gasteiger charge is -2.04. The molecule has 0 saturated heterocycles. The van der Waals surface area contributed by atoms with Crippen LogP contribution >= 0.6 is 0 Å². The molecule has 0 unspecified atom stereocenters. The molecule has 0 spiro atoms. The number of carbonyl (C=O) groups is 1. The van der Waals surface area contributed by atoms with Gasteiger partial charge in [-0.25, -0.2) is 4.98 Å². The van der Waals surface area contributed by atoms with Gasteiger partial charge in [0.15, 0.2) is 0 Å². The van der Waals surface area contributed by atoms with Crippen molar-refractivity contribution >= 4 is 22.9 Å². The molecule has 0 aliphatic rings. The summed E-state index contributed by atoms with van der Waals surface area (Å²) in [7, 11) is 1.60. The highest BCUT2D eigenvalue weighted by Crippen LogP contribution is 2.12. The molecule has 1 aromatic heterocycles. The number of H-pyrrole nitrogens is 1. The number of anilines is 1. The third kappa shape index (κ3) is 3.21. The number of imidazole rings is 1. The number of rotatable bonds is 6. The highest BCUT2D eigenvalue weighted by atomic mass is 16.5. The maximum Gasteiger partial charge on any atom is 0.239 e. The predicted molar refractivity (Wildman–Crippen MR) is 69.5 cm³/mol. The third-order valence-corrected chi connectivity index (χ3v) is 2.43. The van der Waals surface area contributed by atoms with Gasteiger partial charge in [-0.05, 0) is 12.1 Å². The van der Waals surface area contributed by atoms with Crippen LogP contribution in [-0.2, 0) is 9.53 Å². The van der Waals surface area contributed by atoms with Gasteiger partial charge in [0.25, 0.3) is 0 Å². The summed E-state index contributed by atoms with van der Waals surface area (Å²) in [5.41, 5.74) is 1.82. The van der Waals surface area contributed by atoms with Gasteiger partial charge in [0, 0.05) is 13.7 Å². The summed E-state index contributed by atoms with van der Waals surface area (Å²) in [5.74, 6) is 0.505. The van der Waals surface area contributed by atoms with E-state index in [9.17, 15) is 4.79 Å². The van der Waals surface area contributed by atoms with E-state index < -0.39 is 0 Å². The standard InChI is InChI=1S/C12H16N4O2/c1-18-7-6-13-11(17)8-14-12-15-9-4-2-3-5-10(9)16-12/h2-5H,6-8H2,1H3,(H,13,17)(H2,14,15,16). The molecule has 6 nitrogen and oxygen atoms in total. The number of benzene rings is 1. The highest BCUT2D eigenvalue weighted by molar-refractivity contribution is 5.81. The molecule has 96 valence electrons. The first kappa shape index (κ1) is 12.4. The molecule has 1 heterocycles. The van der Waals surface area contributed by atoms with Crippen molar-refractivity contribution in [2.24, 2.45) is 0 Å². The van der Waals surface area contributed by atoms with Crippen LogP contribution in [0.3, 0.4) is 0 Å². The summed E-state index contributed by atoms with van der Waals surface area (Å²) in [6.45, 7) is 1.21. The number of nitrogens with zero attached hydrogens (tertiary/aromatic N) is 1. The molecule has 0 fully saturated rings. The molecule has 18 heavy (non-hydrogen) atoms. The van der Waals surface area contributed by atoms with Crippen LogP contribution in [0.2, 0.25) is 0 Å². The number of carbonyl (C=O) groups excluding carboxylic acids is 1. The molecule has 0 aliphatic carbocycles. The number of fused-ring (bicyclic) bond motifs is 1. The summed E-state index contributed by atoms with van der Waals surface area (Å²) >= 11 is 0. The van der Waals surface area contributed by atoms with E-state index in [-0.39, 0.29) is 12.5 Å². The molecule has 0 radical (unpaired) electrons. The second-order valence-electron chi connectivity index (χ2n) is 3.80. The lowest BCUT2D eigenvalue weighted by Crippen LogP contribution is -2.32. The van der Waals surface area contributed by atoms with Crippen LogP contribution in [0.15, 0.2) is 24.3 Å². The van der Waals surface area contributed by atoms with Crippen molar-refractivity contribution in [3.05, 3.63) is 24.3 Å². The van der Waals surface area contributed by atoms with E-state index in [0.29, 0.717) is 19.1 Å². The summed E-state index contributed by atoms with van der Waals surface area (Å²) in [6.07, 6.45) is 0. The SMILES string of the molecule is COCCNC(=O)CNc1nc2ccccc2[nH]1. The molecular formula is C12H16N4O2. The first-order chi connectivity index (χ1) is 8.79. The van der Waals surface area contributed by atoms with Gasteiger partial charge in [0.05, 0.1) is 24.2 Å². The Kier molecular flexibility index (Phi) is 4.14. The van der Waals surface area contributed by atoms with Gasteiger partial charge in [-0.1, -0.05) is 12.1 Å². The summed E-state index contributed by atoms with van der Waals surface area (Å²) in [6, 6.07) is 7.70. The molecule has 0 bridgehead atoms. The lowest BCUT2D eigenvalue weighted by atomic mass is 10.3. The van der Waals surface area contributed by atoms with Crippen molar-refractivity contribution in [1.29, 1.82) is 0 Å². The van der Waals surface area contributed by atoms with Crippen molar-refractivity contribution in [1.82, 2.24) is 15.3 Å². The molecule has 3 N–H and O–H groups in total. The van der Waals surface area contributed by atoms with Crippen LogP contribution in [0.4, 0.5) is 5.95 Å². The fourth-order valence-electron chi connectivity index (χ4n) is 1.56. The van der Waals surface area contributed by atoms with E-state index in [0.717, 1.165) is 11.0 Å². The minimum Gasteiger partial charge on any atom is -0.383 e. The third-order valence-electron chi connectivity index (χ3n) is 2.43. The quantitative estimate of drug-likeness (QED) is 0.659. The van der Waals surface area contributed by atoms with Crippen molar-refractivity contribution < 1.29 is 9.53 Å². The van der Waals surface area contributed by atoms with E-state index in [1.807, 2.05) is 24.3 Å². The summed E-state index contributed by atoms with van der Waals surface area (Å²) in [5, 5.41) is 5.66. The fourth-order valence-corrected chi connectivity index (χ4v) is 1.56. The first-order valence-electron chi connectivity index (χ1n) is 5.74. The largest absolute Gasteiger partial charge is 0.383 e. The number of hydrogen-bond acceptors (Lipinski definition) is 4. The first-order valence-corrected chi connectivity index (χ1v) is 5.74. The van der Waals surface area contributed by atoms with Gasteiger partial charge in [-0.3, -0.25) is 4.79 Å². The molecular weight excluding hydrogens is 232 g/mol. The van der Waals surface area contributed by atoms with Crippen LogP contribution < -0.4 is 10.6 Å². The smallest absolute Gasteiger partial charge is 0.239 e. The number of ether oxygens (including phenoxy) is 1. The van der Waals surface area contributed by atoms with Gasteiger partial charge in [-0.15, -0.1) is 0 Å². The second-order valence-corrected chi connectivity index (χ2v) is 3.80. The fraction of sp³-hybridized carbons (Fsp3) is 0.333. The minimum atomic E-state index is -0.0903. The van der Waals surface area contributed by atoms with Gasteiger partial charge < -0.3 is 20.4 Å². The maximum absolute atomic E-state index is 11.4. The van der Waals surface area contributed by atoms with Gasteiger partial charge >= 0.3 is 0 Å². The Balaban J connectivity index is 1.84. The Bertz CT molecular complexity index is 491. The number of aromatic amines is 1. The number of para-hydroxylation sites is 2. The molecule has 6 heteroatoms. The zero-order valence-corrected chi connectivity index (χ0v) is 10.2. The Morgan fingerprint density at radius 1 is 1.44 bits per heavy atom. The number of amides is 1. The molecule has 0 atom stereocenters. The predicted octanol–water partition coefficient (Wildman–Crippen LogP) is 0.737. The average Bonchev–Trinajstić information content (AvgIpc) is 2.79. The topological polar surface area (TPSA) is 79.0 Å². The molecule has 0 aliphatic heterocycles. The molecule has 0 saturated carbocycles. The van der Waals surface area contributed by atoms with Gasteiger partial charge in [-0.2, -0.15) is 0 Å². The number of hydrogen-bond donors (Lipinski definition) is 3. The molecule has 1 aromatic carbocycles. The lowest BCUT2D eigenvalue weighted by molar-refractivity contribution is -0.119. The van der Waals surface area contributed by atoms with E-state index in [1.54, 1.807) is 7.11 Å². The highest BCUT2D eigenvalue weighted by Gasteiger charge is 2.04. The van der Waals surface area contributed by atoms with E-state index >= 15 is 0 Å². The summed E-state index contributed by atoms with van der Waals surface area (Å²) in [4.78, 5) is 18.8. The normalized spacial score (nSPS) is 10.5. The van der Waals surface area contributed by atoms with Crippen molar-refractivity contribution in [3.63, 3.8) is 0 Å². The number of methoxy groups -OCH3 is 1. The van der Waals surface area contributed by atoms with Crippen molar-refractivity contribution in [2.45, 2.75) is 0 Å². The number of aromatic nitrogens is 2. The van der Waals surface area contributed by atoms with Crippen LogP contribution in [0, 0.1) is 0 Å². The summed E-state index contributed by atoms with van der Waals surface area (Å²) < 4.78 is 4.84.